The van der Waals surface area contributed by atoms with Crippen molar-refractivity contribution in [1.29, 1.82) is 0 Å². The van der Waals surface area contributed by atoms with Gasteiger partial charge in [0, 0.05) is 11.6 Å². The van der Waals surface area contributed by atoms with E-state index in [-0.39, 0.29) is 0 Å². The summed E-state index contributed by atoms with van der Waals surface area (Å²) in [5.41, 5.74) is 3.33. The quantitative estimate of drug-likeness (QED) is 0.401. The second kappa shape index (κ2) is 5.73. The summed E-state index contributed by atoms with van der Waals surface area (Å²) >= 11 is 0. The first-order valence-electron chi connectivity index (χ1n) is 7.99. The highest BCUT2D eigenvalue weighted by Crippen LogP contribution is 2.36. The first-order valence-corrected chi connectivity index (χ1v) is 7.99. The lowest BCUT2D eigenvalue weighted by Gasteiger charge is -2.09. The number of halogens is 3. The van der Waals surface area contributed by atoms with E-state index in [9.17, 15) is 13.2 Å². The van der Waals surface area contributed by atoms with Crippen LogP contribution in [0.25, 0.3) is 38.6 Å². The Hall–Kier alpha value is -3.08. The molecule has 0 fully saturated rings. The Labute approximate surface area is 147 Å². The first-order chi connectivity index (χ1) is 12.3. The lowest BCUT2D eigenvalue weighted by atomic mass is 10.0. The van der Waals surface area contributed by atoms with Gasteiger partial charge in [-0.25, -0.2) is 0 Å². The first kappa shape index (κ1) is 16.4. The van der Waals surface area contributed by atoms with Gasteiger partial charge in [-0.3, -0.25) is 4.98 Å². The van der Waals surface area contributed by atoms with Gasteiger partial charge in [0.25, 0.3) is 0 Å². The molecule has 0 aliphatic rings. The summed E-state index contributed by atoms with van der Waals surface area (Å²) in [5, 5.41) is 1.73. The smallest absolute Gasteiger partial charge is 0.416 e. The van der Waals surface area contributed by atoms with Crippen molar-refractivity contribution < 1.29 is 17.6 Å². The standard InChI is InChI=1S/C21H14F3NO/c1-12(2)20-19-16-7-6-14(11-18(16)26-17(19)8-9-25-20)13-4-3-5-15(10-13)21(22,23)24/h3-11H,1H2,2H3. The van der Waals surface area contributed by atoms with Crippen LogP contribution >= 0.6 is 0 Å². The molecule has 5 heteroatoms. The molecule has 0 N–H and O–H groups in total. The van der Waals surface area contributed by atoms with Crippen molar-refractivity contribution in [3.05, 3.63) is 72.6 Å². The lowest BCUT2D eigenvalue weighted by Crippen LogP contribution is -2.04. The normalized spacial score (nSPS) is 12.0. The molecule has 2 nitrogen and oxygen atoms in total. The average Bonchev–Trinajstić information content (AvgIpc) is 2.98. The van der Waals surface area contributed by atoms with E-state index < -0.39 is 11.7 Å². The van der Waals surface area contributed by atoms with Crippen molar-refractivity contribution in [2.75, 3.05) is 0 Å². The number of benzene rings is 2. The number of fused-ring (bicyclic) bond motifs is 3. The number of pyridine rings is 1. The van der Waals surface area contributed by atoms with Gasteiger partial charge in [0.2, 0.25) is 0 Å². The average molecular weight is 353 g/mol. The van der Waals surface area contributed by atoms with E-state index in [0.29, 0.717) is 22.3 Å². The molecule has 2 heterocycles. The summed E-state index contributed by atoms with van der Waals surface area (Å²) in [6.07, 6.45) is -2.72. The van der Waals surface area contributed by atoms with Crippen LogP contribution in [-0.2, 0) is 6.18 Å². The molecule has 4 rings (SSSR count). The van der Waals surface area contributed by atoms with Crippen molar-refractivity contribution >= 4 is 27.5 Å². The van der Waals surface area contributed by atoms with E-state index >= 15 is 0 Å². The topological polar surface area (TPSA) is 26.0 Å². The van der Waals surface area contributed by atoms with Crippen molar-refractivity contribution in [3.63, 3.8) is 0 Å². The highest BCUT2D eigenvalue weighted by atomic mass is 19.4. The molecule has 0 bridgehead atoms. The van der Waals surface area contributed by atoms with Crippen LogP contribution in [0.5, 0.6) is 0 Å². The zero-order chi connectivity index (χ0) is 18.5. The van der Waals surface area contributed by atoms with Crippen LogP contribution < -0.4 is 0 Å². The zero-order valence-electron chi connectivity index (χ0n) is 13.9. The molecule has 0 spiro atoms. The van der Waals surface area contributed by atoms with E-state index in [4.69, 9.17) is 4.42 Å². The Morgan fingerprint density at radius 1 is 1.00 bits per heavy atom. The fraction of sp³-hybridized carbons (Fsp3) is 0.0952. The number of nitrogens with zero attached hydrogens (tertiary/aromatic N) is 1. The molecule has 0 aliphatic carbocycles. The predicted molar refractivity (Wildman–Crippen MR) is 96.7 cm³/mol. The zero-order valence-corrected chi connectivity index (χ0v) is 13.9. The number of aromatic nitrogens is 1. The molecule has 0 radical (unpaired) electrons. The Morgan fingerprint density at radius 3 is 2.50 bits per heavy atom. The largest absolute Gasteiger partial charge is 0.456 e. The molecule has 2 aromatic heterocycles. The molecule has 0 unspecified atom stereocenters. The minimum Gasteiger partial charge on any atom is -0.456 e. The van der Waals surface area contributed by atoms with Crippen LogP contribution in [0, 0.1) is 0 Å². The number of allylic oxidation sites excluding steroid dienone is 1. The number of hydrogen-bond acceptors (Lipinski definition) is 2. The van der Waals surface area contributed by atoms with Gasteiger partial charge in [0.05, 0.1) is 16.6 Å². The monoisotopic (exact) mass is 353 g/mol. The molecule has 2 aromatic carbocycles. The van der Waals surface area contributed by atoms with Crippen molar-refractivity contribution in [2.24, 2.45) is 0 Å². The summed E-state index contributed by atoms with van der Waals surface area (Å²) in [6.45, 7) is 5.82. The van der Waals surface area contributed by atoms with Gasteiger partial charge in [-0.1, -0.05) is 24.8 Å². The van der Waals surface area contributed by atoms with E-state index in [2.05, 4.69) is 11.6 Å². The van der Waals surface area contributed by atoms with Crippen LogP contribution in [0.4, 0.5) is 13.2 Å². The van der Waals surface area contributed by atoms with Crippen LogP contribution in [-0.4, -0.2) is 4.98 Å². The second-order valence-corrected chi connectivity index (χ2v) is 6.20. The highest BCUT2D eigenvalue weighted by molar-refractivity contribution is 6.09. The van der Waals surface area contributed by atoms with E-state index in [0.717, 1.165) is 34.2 Å². The molecule has 0 saturated heterocycles. The summed E-state index contributed by atoms with van der Waals surface area (Å²) < 4.78 is 44.8. The Balaban J connectivity index is 1.91. The fourth-order valence-corrected chi connectivity index (χ4v) is 3.10. The second-order valence-electron chi connectivity index (χ2n) is 6.20. The van der Waals surface area contributed by atoms with Crippen LogP contribution in [0.15, 0.2) is 65.7 Å². The molecule has 0 atom stereocenters. The van der Waals surface area contributed by atoms with Gasteiger partial charge in [-0.2, -0.15) is 13.2 Å². The SMILES string of the molecule is C=C(C)c1nccc2oc3cc(-c4cccc(C(F)(F)F)c4)ccc3c12. The third kappa shape index (κ3) is 2.65. The van der Waals surface area contributed by atoms with E-state index in [1.165, 1.54) is 6.07 Å². The van der Waals surface area contributed by atoms with Gasteiger partial charge in [-0.05, 0) is 54.0 Å². The maximum Gasteiger partial charge on any atom is 0.416 e. The highest BCUT2D eigenvalue weighted by Gasteiger charge is 2.30. The van der Waals surface area contributed by atoms with Gasteiger partial charge >= 0.3 is 6.18 Å². The summed E-state index contributed by atoms with van der Waals surface area (Å²) in [4.78, 5) is 4.36. The third-order valence-corrected chi connectivity index (χ3v) is 4.31. The van der Waals surface area contributed by atoms with Crippen molar-refractivity contribution in [2.45, 2.75) is 13.1 Å². The number of hydrogen-bond donors (Lipinski definition) is 0. The van der Waals surface area contributed by atoms with Crippen molar-refractivity contribution in [3.8, 4) is 11.1 Å². The van der Waals surface area contributed by atoms with Gasteiger partial charge in [-0.15, -0.1) is 0 Å². The fourth-order valence-electron chi connectivity index (χ4n) is 3.10. The molecule has 26 heavy (non-hydrogen) atoms. The molecule has 0 saturated carbocycles. The minimum absolute atomic E-state index is 0.487. The van der Waals surface area contributed by atoms with Gasteiger partial charge < -0.3 is 4.42 Å². The number of furan rings is 1. The number of alkyl halides is 3. The van der Waals surface area contributed by atoms with E-state index in [1.54, 1.807) is 30.5 Å². The van der Waals surface area contributed by atoms with E-state index in [1.807, 2.05) is 13.0 Å². The Bertz CT molecular complexity index is 1160. The molecular weight excluding hydrogens is 339 g/mol. The van der Waals surface area contributed by atoms with Crippen molar-refractivity contribution in [1.82, 2.24) is 4.98 Å². The third-order valence-electron chi connectivity index (χ3n) is 4.31. The minimum atomic E-state index is -4.37. The lowest BCUT2D eigenvalue weighted by molar-refractivity contribution is -0.137. The predicted octanol–water partition coefficient (Wildman–Crippen LogP) is 6.70. The van der Waals surface area contributed by atoms with Gasteiger partial charge in [0.1, 0.15) is 11.2 Å². The van der Waals surface area contributed by atoms with Gasteiger partial charge in [0.15, 0.2) is 0 Å². The maximum atomic E-state index is 13.0. The molecule has 4 aromatic rings. The number of rotatable bonds is 2. The maximum absolute atomic E-state index is 13.0. The summed E-state index contributed by atoms with van der Waals surface area (Å²) in [7, 11) is 0. The van der Waals surface area contributed by atoms with Crippen LogP contribution in [0.1, 0.15) is 18.2 Å². The summed E-state index contributed by atoms with van der Waals surface area (Å²) in [5.74, 6) is 0. The molecule has 0 aliphatic heterocycles. The summed E-state index contributed by atoms with van der Waals surface area (Å²) in [6, 6.07) is 12.4. The van der Waals surface area contributed by atoms with Crippen LogP contribution in [0.2, 0.25) is 0 Å². The Morgan fingerprint density at radius 2 is 1.77 bits per heavy atom. The van der Waals surface area contributed by atoms with Crippen LogP contribution in [0.3, 0.4) is 0 Å². The Kier molecular flexibility index (Phi) is 3.61. The molecular formula is C21H14F3NO. The molecule has 0 amide bonds. The molecule has 130 valence electrons.